The molecule has 0 saturated carbocycles. The first kappa shape index (κ1) is 58.6. The van der Waals surface area contributed by atoms with Crippen molar-refractivity contribution < 1.29 is 62.6 Å². The number of carbonyl (C=O) groups excluding carboxylic acids is 11. The molecule has 1 aromatic heterocycles. The van der Waals surface area contributed by atoms with Crippen LogP contribution in [-0.2, 0) is 64.0 Å². The van der Waals surface area contributed by atoms with Gasteiger partial charge in [-0.2, -0.15) is 25.3 Å². The number of hydrogen-bond donors (Lipinski definition) is 16. The predicted molar refractivity (Wildman–Crippen MR) is 249 cm³/mol. The van der Waals surface area contributed by atoms with E-state index in [1.54, 1.807) is 0 Å². The lowest BCUT2D eigenvalue weighted by Gasteiger charge is -2.30. The molecule has 30 heteroatoms. The summed E-state index contributed by atoms with van der Waals surface area (Å²) in [7, 11) is 0. The summed E-state index contributed by atoms with van der Waals surface area (Å²) in [6, 6.07) is -11.1. The quantitative estimate of drug-likeness (QED) is 0.0236. The van der Waals surface area contributed by atoms with Crippen LogP contribution in [0.4, 0.5) is 0 Å². The summed E-state index contributed by atoms with van der Waals surface area (Å²) in [5.74, 6) is -11.9. The normalized spacial score (nSPS) is 16.2. The maximum Gasteiger partial charge on any atom is 0.327 e. The minimum atomic E-state index is -1.74. The number of imidazole rings is 1. The molecule has 8 atom stereocenters. The highest BCUT2D eigenvalue weighted by atomic mass is 32.1. The van der Waals surface area contributed by atoms with E-state index in [1.165, 1.54) is 17.4 Å². The topological polar surface area (TPSA) is 471 Å². The molecule has 28 nitrogen and oxygen atoms in total. The van der Waals surface area contributed by atoms with E-state index in [1.807, 2.05) is 0 Å². The van der Waals surface area contributed by atoms with E-state index in [-0.39, 0.29) is 43.7 Å². The van der Waals surface area contributed by atoms with E-state index in [2.05, 4.69) is 72.4 Å². The molecule has 69 heavy (non-hydrogen) atoms. The minimum Gasteiger partial charge on any atom is -0.480 e. The first-order chi connectivity index (χ1) is 32.6. The van der Waals surface area contributed by atoms with Crippen molar-refractivity contribution in [2.75, 3.05) is 31.1 Å². The van der Waals surface area contributed by atoms with Crippen molar-refractivity contribution in [1.29, 1.82) is 0 Å². The van der Waals surface area contributed by atoms with Gasteiger partial charge in [-0.25, -0.2) is 9.78 Å². The number of aromatic nitrogens is 2. The maximum absolute atomic E-state index is 13.8. The van der Waals surface area contributed by atoms with Crippen LogP contribution >= 0.6 is 25.3 Å². The van der Waals surface area contributed by atoms with Crippen LogP contribution in [0.3, 0.4) is 0 Å². The largest absolute Gasteiger partial charge is 0.480 e. The molecule has 2 rings (SSSR count). The molecular weight excluding hydrogens is 951 g/mol. The van der Waals surface area contributed by atoms with E-state index in [9.17, 15) is 62.6 Å². The molecule has 0 bridgehead atoms. The highest BCUT2D eigenvalue weighted by molar-refractivity contribution is 7.80. The molecule has 1 saturated heterocycles. The van der Waals surface area contributed by atoms with Gasteiger partial charge in [0.2, 0.25) is 65.0 Å². The molecule has 1 fully saturated rings. The number of H-pyrrole nitrogens is 1. The van der Waals surface area contributed by atoms with Crippen LogP contribution in [0.5, 0.6) is 0 Å². The SMILES string of the molecule is NCCCC[C@H](NC(=O)[C@@H](N)CS)C(=O)N1CCC[C@H]1C(=O)N[C@@H](CCC(N)=O)C(=O)N[C@@H](CCC(N)=O)C(=O)NCC(=O)N[C@@H](CC(N)=O)C(=O)N[C@@H](Cc1cnc[nH]1)C(=O)N[C@@H](CS)C(=O)O. The van der Waals surface area contributed by atoms with E-state index in [0.29, 0.717) is 31.5 Å². The van der Waals surface area contributed by atoms with Crippen molar-refractivity contribution in [1.82, 2.24) is 52.1 Å². The Hall–Kier alpha value is -6.53. The number of unbranched alkanes of at least 4 members (excludes halogenated alkanes) is 1. The zero-order valence-corrected chi connectivity index (χ0v) is 39.4. The highest BCUT2D eigenvalue weighted by Crippen LogP contribution is 2.21. The second kappa shape index (κ2) is 30.1. The number of amides is 11. The molecule has 19 N–H and O–H groups in total. The lowest BCUT2D eigenvalue weighted by molar-refractivity contribution is -0.142. The third kappa shape index (κ3) is 20.7. The number of nitrogens with one attached hydrogen (secondary N) is 8. The van der Waals surface area contributed by atoms with Crippen molar-refractivity contribution >= 4 is 96.2 Å². The Bertz CT molecular complexity index is 2000. The Labute approximate surface area is 406 Å². The molecule has 11 amide bonds. The van der Waals surface area contributed by atoms with Gasteiger partial charge >= 0.3 is 5.97 Å². The molecule has 0 unspecified atom stereocenters. The van der Waals surface area contributed by atoms with Crippen LogP contribution < -0.4 is 65.9 Å². The molecule has 1 aromatic rings. The number of aromatic amines is 1. The van der Waals surface area contributed by atoms with Crippen LogP contribution in [0.15, 0.2) is 12.5 Å². The third-order valence-electron chi connectivity index (χ3n) is 10.4. The molecule has 0 spiro atoms. The lowest BCUT2D eigenvalue weighted by Crippen LogP contribution is -2.59. The number of likely N-dealkylation sites (tertiary alicyclic amines) is 1. The van der Waals surface area contributed by atoms with Crippen LogP contribution in [0, 0.1) is 0 Å². The van der Waals surface area contributed by atoms with Gasteiger partial charge in [-0.15, -0.1) is 0 Å². The average molecular weight is 1010 g/mol. The number of aliphatic carboxylic acids is 1. The molecule has 1 aliphatic rings. The molecule has 2 heterocycles. The van der Waals surface area contributed by atoms with Crippen molar-refractivity contribution in [2.45, 2.75) is 119 Å². The fraction of sp³-hybridized carbons (Fsp3) is 0.615. The van der Waals surface area contributed by atoms with E-state index < -0.39 is 152 Å². The summed E-state index contributed by atoms with van der Waals surface area (Å²) >= 11 is 7.94. The first-order valence-electron chi connectivity index (χ1n) is 21.7. The highest BCUT2D eigenvalue weighted by Gasteiger charge is 2.40. The fourth-order valence-corrected chi connectivity index (χ4v) is 7.18. The Kier molecular flexibility index (Phi) is 25.5. The molecular formula is C39H63N15O13S2. The summed E-state index contributed by atoms with van der Waals surface area (Å²) in [6.45, 7) is -0.472. The number of hydrogen-bond acceptors (Lipinski definition) is 17. The van der Waals surface area contributed by atoms with Crippen LogP contribution in [-0.4, -0.2) is 170 Å². The Morgan fingerprint density at radius 1 is 0.710 bits per heavy atom. The molecule has 384 valence electrons. The van der Waals surface area contributed by atoms with E-state index >= 15 is 0 Å². The zero-order chi connectivity index (χ0) is 51.8. The monoisotopic (exact) mass is 1010 g/mol. The summed E-state index contributed by atoms with van der Waals surface area (Å²) in [5, 5.41) is 25.9. The van der Waals surface area contributed by atoms with Crippen LogP contribution in [0.25, 0.3) is 0 Å². The Morgan fingerprint density at radius 2 is 1.29 bits per heavy atom. The summed E-state index contributed by atoms with van der Waals surface area (Å²) in [6.07, 6.45) is 1.51. The first-order valence-corrected chi connectivity index (χ1v) is 23.0. The van der Waals surface area contributed by atoms with Gasteiger partial charge in [0.15, 0.2) is 0 Å². The number of primary amides is 3. The average Bonchev–Trinajstić information content (AvgIpc) is 4.01. The van der Waals surface area contributed by atoms with Gasteiger partial charge in [0.25, 0.3) is 0 Å². The van der Waals surface area contributed by atoms with Gasteiger partial charge in [-0.3, -0.25) is 52.7 Å². The Balaban J connectivity index is 2.25. The number of carbonyl (C=O) groups is 12. The van der Waals surface area contributed by atoms with Gasteiger partial charge in [-0.05, 0) is 51.5 Å². The maximum atomic E-state index is 13.8. The second-order valence-electron chi connectivity index (χ2n) is 15.9. The molecule has 1 aliphatic heterocycles. The van der Waals surface area contributed by atoms with Gasteiger partial charge in [0.1, 0.15) is 42.3 Å². The summed E-state index contributed by atoms with van der Waals surface area (Å²) < 4.78 is 0. The Morgan fingerprint density at radius 3 is 1.84 bits per heavy atom. The van der Waals surface area contributed by atoms with Gasteiger partial charge in [-0.1, -0.05) is 0 Å². The van der Waals surface area contributed by atoms with Crippen molar-refractivity contribution in [2.24, 2.45) is 28.7 Å². The second-order valence-corrected chi connectivity index (χ2v) is 16.6. The number of carboxylic acid groups (broad SMARTS) is 1. The van der Waals surface area contributed by atoms with Gasteiger partial charge < -0.3 is 80.9 Å². The zero-order valence-electron chi connectivity index (χ0n) is 37.6. The summed E-state index contributed by atoms with van der Waals surface area (Å²) in [5.41, 5.74) is 27.7. The third-order valence-corrected chi connectivity index (χ3v) is 11.2. The number of thiol groups is 2. The minimum absolute atomic E-state index is 0.00441. The van der Waals surface area contributed by atoms with Crippen molar-refractivity contribution in [3.63, 3.8) is 0 Å². The van der Waals surface area contributed by atoms with Gasteiger partial charge in [0, 0.05) is 49.2 Å². The van der Waals surface area contributed by atoms with E-state index in [4.69, 9.17) is 28.7 Å². The molecule has 0 aromatic carbocycles. The number of carboxylic acids is 1. The number of nitrogens with zero attached hydrogens (tertiary/aromatic N) is 2. The smallest absolute Gasteiger partial charge is 0.327 e. The summed E-state index contributed by atoms with van der Waals surface area (Å²) in [4.78, 5) is 162. The number of nitrogens with two attached hydrogens (primary N) is 5. The van der Waals surface area contributed by atoms with Crippen LogP contribution in [0.2, 0.25) is 0 Å². The molecule has 0 radical (unpaired) electrons. The molecule has 0 aliphatic carbocycles. The van der Waals surface area contributed by atoms with Crippen molar-refractivity contribution in [3.8, 4) is 0 Å². The number of rotatable bonds is 32. The fourth-order valence-electron chi connectivity index (χ4n) is 6.77. The van der Waals surface area contributed by atoms with Crippen LogP contribution in [0.1, 0.15) is 69.9 Å². The lowest BCUT2D eigenvalue weighted by atomic mass is 10.0. The van der Waals surface area contributed by atoms with E-state index in [0.717, 1.165) is 0 Å². The standard InChI is InChI=1S/C39H63N15O13S2/c40-10-2-1-4-23(51-32(59)20(41)16-68)38(65)54-11-3-5-27(54)37(64)50-22(7-9-29(43)56)34(61)49-21(6-8-28(42)55)33(60)46-15-31(58)48-25(13-30(44)57)36(63)52-24(12-19-14-45-18-47-19)35(62)53-26(17-69)39(66)67/h14,18,20-27,68-69H,1-13,15-17,40-41H2,(H2,42,55)(H2,43,56)(H2,44,57)(H,45,47)(H,46,60)(H,48,58)(H,49,61)(H,50,64)(H,51,59)(H,52,63)(H,53,62)(H,66,67)/t20-,21-,22-,23-,24-,25-,26-,27-/m0/s1. The predicted octanol–water partition coefficient (Wildman–Crippen LogP) is -7.22. The van der Waals surface area contributed by atoms with Crippen molar-refractivity contribution in [3.05, 3.63) is 18.2 Å². The van der Waals surface area contributed by atoms with Gasteiger partial charge in [0.05, 0.1) is 25.3 Å².